The molecule has 2 aromatic carbocycles. The Kier molecular flexibility index (Phi) is 8.59. The van der Waals surface area contributed by atoms with Crippen molar-refractivity contribution in [1.82, 2.24) is 9.80 Å². The molecule has 6 heteroatoms. The van der Waals surface area contributed by atoms with Gasteiger partial charge >= 0.3 is 0 Å². The maximum atomic E-state index is 12.7. The average Bonchev–Trinajstić information content (AvgIpc) is 3.12. The van der Waals surface area contributed by atoms with Gasteiger partial charge in [0.2, 0.25) is 0 Å². The highest BCUT2D eigenvalue weighted by atomic mass is 35.5. The number of ketones is 2. The molecule has 0 radical (unpaired) electrons. The Hall–Kier alpha value is -2.21. The summed E-state index contributed by atoms with van der Waals surface area (Å²) in [6.45, 7) is 12.4. The van der Waals surface area contributed by atoms with Crippen LogP contribution in [0.25, 0.3) is 21.9 Å². The molecule has 0 aliphatic carbocycles. The first-order chi connectivity index (χ1) is 14.0. The number of hydrogen-bond acceptors (Lipinski definition) is 5. The molecule has 1 aromatic heterocycles. The van der Waals surface area contributed by atoms with Crippen molar-refractivity contribution in [3.05, 3.63) is 47.5 Å². The number of likely N-dealkylation sites (N-methyl/N-ethyl adjacent to an activating group) is 2. The summed E-state index contributed by atoms with van der Waals surface area (Å²) >= 11 is 0. The summed E-state index contributed by atoms with van der Waals surface area (Å²) < 4.78 is 5.93. The predicted molar refractivity (Wildman–Crippen MR) is 125 cm³/mol. The Morgan fingerprint density at radius 3 is 1.40 bits per heavy atom. The number of benzene rings is 2. The Morgan fingerprint density at radius 2 is 1.07 bits per heavy atom. The van der Waals surface area contributed by atoms with Gasteiger partial charge in [0.05, 0.1) is 13.1 Å². The zero-order valence-corrected chi connectivity index (χ0v) is 19.1. The lowest BCUT2D eigenvalue weighted by atomic mass is 10.0. The highest BCUT2D eigenvalue weighted by Gasteiger charge is 2.16. The fraction of sp³-hybridized carbons (Fsp3) is 0.417. The van der Waals surface area contributed by atoms with Crippen LogP contribution < -0.4 is 0 Å². The summed E-state index contributed by atoms with van der Waals surface area (Å²) in [4.78, 5) is 29.6. The van der Waals surface area contributed by atoms with Gasteiger partial charge in [0, 0.05) is 21.9 Å². The van der Waals surface area contributed by atoms with E-state index in [1.54, 1.807) is 0 Å². The molecule has 3 rings (SSSR count). The fourth-order valence-corrected chi connectivity index (χ4v) is 3.61. The largest absolute Gasteiger partial charge is 0.456 e. The first-order valence-corrected chi connectivity index (χ1v) is 10.5. The topological polar surface area (TPSA) is 53.8 Å². The predicted octanol–water partition coefficient (Wildman–Crippen LogP) is 5.06. The van der Waals surface area contributed by atoms with E-state index in [1.807, 2.05) is 36.4 Å². The van der Waals surface area contributed by atoms with Crippen LogP contribution in [0.5, 0.6) is 0 Å². The van der Waals surface area contributed by atoms with Crippen molar-refractivity contribution >= 4 is 45.9 Å². The van der Waals surface area contributed by atoms with Gasteiger partial charge in [-0.1, -0.05) is 27.7 Å². The lowest BCUT2D eigenvalue weighted by Crippen LogP contribution is -2.29. The molecule has 0 amide bonds. The minimum Gasteiger partial charge on any atom is -0.456 e. The highest BCUT2D eigenvalue weighted by molar-refractivity contribution is 6.11. The quantitative estimate of drug-likeness (QED) is 0.421. The molecular formula is C24H31ClN2O3. The van der Waals surface area contributed by atoms with Crippen LogP contribution in [-0.4, -0.2) is 60.6 Å². The van der Waals surface area contributed by atoms with Crippen LogP contribution in [-0.2, 0) is 0 Å². The molecule has 0 spiro atoms. The van der Waals surface area contributed by atoms with E-state index in [-0.39, 0.29) is 24.0 Å². The minimum atomic E-state index is 0. The van der Waals surface area contributed by atoms with E-state index in [0.29, 0.717) is 24.2 Å². The van der Waals surface area contributed by atoms with Crippen molar-refractivity contribution in [3.63, 3.8) is 0 Å². The van der Waals surface area contributed by atoms with Gasteiger partial charge in [0.15, 0.2) is 11.6 Å². The van der Waals surface area contributed by atoms with Crippen LogP contribution in [0, 0.1) is 0 Å². The monoisotopic (exact) mass is 430 g/mol. The molecule has 1 heterocycles. The van der Waals surface area contributed by atoms with Crippen LogP contribution >= 0.6 is 12.4 Å². The van der Waals surface area contributed by atoms with Crippen LogP contribution in [0.4, 0.5) is 0 Å². The van der Waals surface area contributed by atoms with E-state index in [9.17, 15) is 9.59 Å². The zero-order chi connectivity index (χ0) is 21.0. The molecule has 0 aliphatic heterocycles. The van der Waals surface area contributed by atoms with Crippen molar-refractivity contribution in [3.8, 4) is 0 Å². The first kappa shape index (κ1) is 24.1. The summed E-state index contributed by atoms with van der Waals surface area (Å²) in [5.74, 6) is 0.192. The summed E-state index contributed by atoms with van der Waals surface area (Å²) in [6, 6.07) is 11.1. The molecule has 0 aliphatic rings. The summed E-state index contributed by atoms with van der Waals surface area (Å²) in [6.07, 6.45) is 0. The van der Waals surface area contributed by atoms with Gasteiger partial charge in [-0.3, -0.25) is 19.4 Å². The number of rotatable bonds is 10. The third-order valence-corrected chi connectivity index (χ3v) is 5.64. The van der Waals surface area contributed by atoms with Gasteiger partial charge in [0.25, 0.3) is 0 Å². The molecule has 0 bridgehead atoms. The summed E-state index contributed by atoms with van der Waals surface area (Å²) in [7, 11) is 0. The third-order valence-electron chi connectivity index (χ3n) is 5.64. The molecule has 0 saturated heterocycles. The number of furan rings is 1. The number of halogens is 1. The third kappa shape index (κ3) is 5.09. The molecular weight excluding hydrogens is 400 g/mol. The van der Waals surface area contributed by atoms with Crippen LogP contribution in [0.2, 0.25) is 0 Å². The van der Waals surface area contributed by atoms with Gasteiger partial charge in [0.1, 0.15) is 11.2 Å². The summed E-state index contributed by atoms with van der Waals surface area (Å²) in [5, 5.41) is 1.76. The Balaban J connectivity index is 0.00000320. The number of hydrogen-bond donors (Lipinski definition) is 0. The molecule has 5 nitrogen and oxygen atoms in total. The average molecular weight is 431 g/mol. The second kappa shape index (κ2) is 10.7. The van der Waals surface area contributed by atoms with E-state index in [0.717, 1.165) is 48.1 Å². The lowest BCUT2D eigenvalue weighted by molar-refractivity contribution is 0.0930. The van der Waals surface area contributed by atoms with Crippen molar-refractivity contribution < 1.29 is 14.0 Å². The summed E-state index contributed by atoms with van der Waals surface area (Å²) in [5.41, 5.74) is 2.81. The maximum Gasteiger partial charge on any atom is 0.176 e. The number of Topliss-reactive ketones (excluding diaryl/α,β-unsaturated/α-hetero) is 2. The molecule has 3 aromatic rings. The van der Waals surface area contributed by atoms with Crippen LogP contribution in [0.1, 0.15) is 48.4 Å². The fourth-order valence-electron chi connectivity index (χ4n) is 3.61. The molecule has 0 atom stereocenters. The van der Waals surface area contributed by atoms with Crippen LogP contribution in [0.15, 0.2) is 40.8 Å². The van der Waals surface area contributed by atoms with E-state index in [1.165, 1.54) is 0 Å². The van der Waals surface area contributed by atoms with Gasteiger partial charge < -0.3 is 4.42 Å². The molecule has 30 heavy (non-hydrogen) atoms. The Morgan fingerprint density at radius 1 is 0.700 bits per heavy atom. The van der Waals surface area contributed by atoms with Crippen molar-refractivity contribution in [1.29, 1.82) is 0 Å². The van der Waals surface area contributed by atoms with Gasteiger partial charge in [-0.15, -0.1) is 12.4 Å². The highest BCUT2D eigenvalue weighted by Crippen LogP contribution is 2.30. The first-order valence-electron chi connectivity index (χ1n) is 10.5. The number of nitrogens with zero attached hydrogens (tertiary/aromatic N) is 2. The number of carbonyl (C=O) groups excluding carboxylic acids is 2. The van der Waals surface area contributed by atoms with Gasteiger partial charge in [-0.05, 0) is 62.6 Å². The van der Waals surface area contributed by atoms with E-state index in [2.05, 4.69) is 37.5 Å². The van der Waals surface area contributed by atoms with Gasteiger partial charge in [-0.25, -0.2) is 0 Å². The van der Waals surface area contributed by atoms with E-state index < -0.39 is 0 Å². The SMILES string of the molecule is CCN(CC)CC(=O)c1ccc2oc3ccc(C(=O)CN(CC)CC)cc3c2c1.Cl. The maximum absolute atomic E-state index is 12.7. The lowest BCUT2D eigenvalue weighted by Gasteiger charge is -2.16. The minimum absolute atomic E-state index is 0. The van der Waals surface area contributed by atoms with E-state index >= 15 is 0 Å². The second-order valence-electron chi connectivity index (χ2n) is 7.29. The Labute approximate surface area is 184 Å². The van der Waals surface area contributed by atoms with E-state index in [4.69, 9.17) is 4.42 Å². The molecule has 0 fully saturated rings. The van der Waals surface area contributed by atoms with Crippen molar-refractivity contribution in [2.45, 2.75) is 27.7 Å². The Bertz CT molecular complexity index is 940. The zero-order valence-electron chi connectivity index (χ0n) is 18.2. The smallest absolute Gasteiger partial charge is 0.176 e. The number of carbonyl (C=O) groups is 2. The van der Waals surface area contributed by atoms with Gasteiger partial charge in [-0.2, -0.15) is 0 Å². The number of fused-ring (bicyclic) bond motifs is 3. The molecule has 0 N–H and O–H groups in total. The second-order valence-corrected chi connectivity index (χ2v) is 7.29. The normalized spacial score (nSPS) is 11.4. The molecule has 0 saturated carbocycles. The molecule has 0 unspecified atom stereocenters. The van der Waals surface area contributed by atoms with Crippen LogP contribution in [0.3, 0.4) is 0 Å². The van der Waals surface area contributed by atoms with Crippen molar-refractivity contribution in [2.24, 2.45) is 0 Å². The van der Waals surface area contributed by atoms with Crippen molar-refractivity contribution in [2.75, 3.05) is 39.3 Å². The standard InChI is InChI=1S/C24H30N2O3.ClH/c1-5-25(6-2)15-21(27)17-9-11-23-19(13-17)20-14-18(10-12-24(20)29-23)22(28)16-26(7-3)8-4;/h9-14H,5-8,15-16H2,1-4H3;1H. The molecule has 162 valence electrons.